The molecule has 1 aliphatic heterocycles. The molecule has 21 heavy (non-hydrogen) atoms. The van der Waals surface area contributed by atoms with Gasteiger partial charge in [0.1, 0.15) is 5.75 Å². The van der Waals surface area contributed by atoms with Gasteiger partial charge in [-0.05, 0) is 30.3 Å². The number of carbonyl (C=O) groups excluding carboxylic acids is 2. The number of carbonyl (C=O) groups is 2. The first kappa shape index (κ1) is 15.5. The van der Waals surface area contributed by atoms with E-state index in [9.17, 15) is 9.59 Å². The first-order chi connectivity index (χ1) is 10.0. The van der Waals surface area contributed by atoms with Crippen molar-refractivity contribution in [3.8, 4) is 5.75 Å². The summed E-state index contributed by atoms with van der Waals surface area (Å²) in [5.41, 5.74) is 1.78. The summed E-state index contributed by atoms with van der Waals surface area (Å²) in [6.07, 6.45) is 0.854. The van der Waals surface area contributed by atoms with Crippen LogP contribution in [-0.4, -0.2) is 61.8 Å². The Kier molecular flexibility index (Phi) is 4.96. The van der Waals surface area contributed by atoms with Gasteiger partial charge in [-0.3, -0.25) is 14.5 Å². The van der Waals surface area contributed by atoms with Crippen molar-refractivity contribution < 1.29 is 14.3 Å². The van der Waals surface area contributed by atoms with E-state index >= 15 is 0 Å². The largest absolute Gasteiger partial charge is 0.493 e. The quantitative estimate of drug-likeness (QED) is 0.739. The van der Waals surface area contributed by atoms with Crippen molar-refractivity contribution in [1.82, 2.24) is 9.80 Å². The third kappa shape index (κ3) is 3.82. The molecular weight excluding hydrogens is 268 g/mol. The van der Waals surface area contributed by atoms with E-state index < -0.39 is 0 Å². The maximum Gasteiger partial charge on any atom is 0.236 e. The maximum absolute atomic E-state index is 12.4. The van der Waals surface area contributed by atoms with Crippen LogP contribution in [-0.2, 0) is 11.2 Å². The SMILES string of the molecule is CCN(CC(=O)c1ccc2c(c1)CCO2)CC(=O)N(C)C. The van der Waals surface area contributed by atoms with Gasteiger partial charge in [0, 0.05) is 26.1 Å². The zero-order chi connectivity index (χ0) is 15.4. The molecule has 0 bridgehead atoms. The number of hydrogen-bond donors (Lipinski definition) is 0. The highest BCUT2D eigenvalue weighted by Crippen LogP contribution is 2.26. The van der Waals surface area contributed by atoms with Crippen molar-refractivity contribution in [2.45, 2.75) is 13.3 Å². The van der Waals surface area contributed by atoms with Crippen molar-refractivity contribution in [2.75, 3.05) is 40.3 Å². The van der Waals surface area contributed by atoms with E-state index in [-0.39, 0.29) is 24.8 Å². The molecule has 0 unspecified atom stereocenters. The summed E-state index contributed by atoms with van der Waals surface area (Å²) in [6.45, 7) is 3.83. The fraction of sp³-hybridized carbons (Fsp3) is 0.500. The molecule has 114 valence electrons. The molecule has 0 atom stereocenters. The molecule has 0 aromatic heterocycles. The van der Waals surface area contributed by atoms with Crippen molar-refractivity contribution in [1.29, 1.82) is 0 Å². The highest BCUT2D eigenvalue weighted by Gasteiger charge is 2.18. The average molecular weight is 290 g/mol. The fourth-order valence-corrected chi connectivity index (χ4v) is 2.27. The molecule has 5 heteroatoms. The Morgan fingerprint density at radius 1 is 1.24 bits per heavy atom. The van der Waals surface area contributed by atoms with Gasteiger partial charge in [0.25, 0.3) is 0 Å². The lowest BCUT2D eigenvalue weighted by Crippen LogP contribution is -2.39. The minimum atomic E-state index is 0.00648. The van der Waals surface area contributed by atoms with Gasteiger partial charge in [-0.25, -0.2) is 0 Å². The second-order valence-electron chi connectivity index (χ2n) is 5.44. The Hall–Kier alpha value is -1.88. The first-order valence-corrected chi connectivity index (χ1v) is 7.22. The summed E-state index contributed by atoms with van der Waals surface area (Å²) in [4.78, 5) is 27.5. The first-order valence-electron chi connectivity index (χ1n) is 7.22. The monoisotopic (exact) mass is 290 g/mol. The van der Waals surface area contributed by atoms with Crippen molar-refractivity contribution >= 4 is 11.7 Å². The number of likely N-dealkylation sites (N-methyl/N-ethyl adjacent to an activating group) is 2. The van der Waals surface area contributed by atoms with E-state index in [1.807, 2.05) is 24.0 Å². The lowest BCUT2D eigenvalue weighted by molar-refractivity contribution is -0.129. The Labute approximate surface area is 125 Å². The molecule has 5 nitrogen and oxygen atoms in total. The number of ketones is 1. The summed E-state index contributed by atoms with van der Waals surface area (Å²) < 4.78 is 5.44. The Balaban J connectivity index is 2.01. The van der Waals surface area contributed by atoms with E-state index in [1.165, 1.54) is 0 Å². The smallest absolute Gasteiger partial charge is 0.236 e. The molecule has 0 fully saturated rings. The van der Waals surface area contributed by atoms with Crippen molar-refractivity contribution in [3.63, 3.8) is 0 Å². The van der Waals surface area contributed by atoms with Crippen LogP contribution in [0, 0.1) is 0 Å². The number of rotatable bonds is 6. The van der Waals surface area contributed by atoms with E-state index in [1.54, 1.807) is 25.1 Å². The predicted octanol–water partition coefficient (Wildman–Crippen LogP) is 1.21. The highest BCUT2D eigenvalue weighted by atomic mass is 16.5. The van der Waals surface area contributed by atoms with Crippen LogP contribution in [0.3, 0.4) is 0 Å². The molecule has 0 aliphatic carbocycles. The molecule has 0 N–H and O–H groups in total. The number of Topliss-reactive ketones (excluding diaryl/α,β-unsaturated/α-hetero) is 1. The van der Waals surface area contributed by atoms with Gasteiger partial charge in [0.15, 0.2) is 5.78 Å². The second kappa shape index (κ2) is 6.72. The zero-order valence-electron chi connectivity index (χ0n) is 12.9. The van der Waals surface area contributed by atoms with Gasteiger partial charge in [-0.15, -0.1) is 0 Å². The van der Waals surface area contributed by atoms with Crippen molar-refractivity contribution in [3.05, 3.63) is 29.3 Å². The fourth-order valence-electron chi connectivity index (χ4n) is 2.27. The molecule has 0 saturated carbocycles. The summed E-state index contributed by atoms with van der Waals surface area (Å²) >= 11 is 0. The third-order valence-corrected chi connectivity index (χ3v) is 3.68. The maximum atomic E-state index is 12.4. The van der Waals surface area contributed by atoms with E-state index in [0.29, 0.717) is 18.7 Å². The normalized spacial score (nSPS) is 13.0. The number of hydrogen-bond acceptors (Lipinski definition) is 4. The van der Waals surface area contributed by atoms with Gasteiger partial charge >= 0.3 is 0 Å². The van der Waals surface area contributed by atoms with E-state index in [2.05, 4.69) is 0 Å². The summed E-state index contributed by atoms with van der Waals surface area (Å²) in [5.74, 6) is 0.923. The van der Waals surface area contributed by atoms with E-state index in [0.717, 1.165) is 17.7 Å². The van der Waals surface area contributed by atoms with Crippen LogP contribution >= 0.6 is 0 Å². The van der Waals surface area contributed by atoms with Gasteiger partial charge in [-0.2, -0.15) is 0 Å². The Morgan fingerprint density at radius 3 is 2.67 bits per heavy atom. The lowest BCUT2D eigenvalue weighted by atomic mass is 10.1. The minimum Gasteiger partial charge on any atom is -0.493 e. The summed E-state index contributed by atoms with van der Waals surface area (Å²) in [5, 5.41) is 0. The zero-order valence-corrected chi connectivity index (χ0v) is 12.9. The van der Waals surface area contributed by atoms with Gasteiger partial charge in [0.2, 0.25) is 5.91 Å². The number of fused-ring (bicyclic) bond motifs is 1. The van der Waals surface area contributed by atoms with Crippen LogP contribution in [0.5, 0.6) is 5.75 Å². The average Bonchev–Trinajstić information content (AvgIpc) is 2.93. The number of amides is 1. The van der Waals surface area contributed by atoms with E-state index in [4.69, 9.17) is 4.74 Å². The molecule has 1 amide bonds. The topological polar surface area (TPSA) is 49.9 Å². The standard InChI is InChI=1S/C16H22N2O3/c1-4-18(11-16(20)17(2)3)10-14(19)12-5-6-15-13(9-12)7-8-21-15/h5-6,9H,4,7-8,10-11H2,1-3H3. The molecule has 0 spiro atoms. The molecule has 1 heterocycles. The van der Waals surface area contributed by atoms with Crippen molar-refractivity contribution in [2.24, 2.45) is 0 Å². The Bertz CT molecular complexity index is 540. The molecule has 1 aromatic rings. The number of nitrogens with zero attached hydrogens (tertiary/aromatic N) is 2. The van der Waals surface area contributed by atoms with Crippen LogP contribution in [0.15, 0.2) is 18.2 Å². The highest BCUT2D eigenvalue weighted by molar-refractivity contribution is 5.98. The van der Waals surface area contributed by atoms with Gasteiger partial charge in [-0.1, -0.05) is 6.92 Å². The predicted molar refractivity (Wildman–Crippen MR) is 80.8 cm³/mol. The van der Waals surface area contributed by atoms with Crippen LogP contribution < -0.4 is 4.74 Å². The second-order valence-corrected chi connectivity index (χ2v) is 5.44. The third-order valence-electron chi connectivity index (χ3n) is 3.68. The van der Waals surface area contributed by atoms with Crippen LogP contribution in [0.1, 0.15) is 22.8 Å². The summed E-state index contributed by atoms with van der Waals surface area (Å²) in [7, 11) is 3.44. The molecule has 1 aliphatic rings. The summed E-state index contributed by atoms with van der Waals surface area (Å²) in [6, 6.07) is 5.57. The van der Waals surface area contributed by atoms with Crippen LogP contribution in [0.4, 0.5) is 0 Å². The van der Waals surface area contributed by atoms with Gasteiger partial charge in [0.05, 0.1) is 19.7 Å². The number of ether oxygens (including phenoxy) is 1. The lowest BCUT2D eigenvalue weighted by Gasteiger charge is -2.21. The van der Waals surface area contributed by atoms with Crippen LogP contribution in [0.2, 0.25) is 0 Å². The number of benzene rings is 1. The minimum absolute atomic E-state index is 0.00648. The van der Waals surface area contributed by atoms with Gasteiger partial charge < -0.3 is 9.64 Å². The molecule has 0 saturated heterocycles. The molecular formula is C16H22N2O3. The molecule has 1 aromatic carbocycles. The Morgan fingerprint density at radius 2 is 2.00 bits per heavy atom. The molecule has 0 radical (unpaired) electrons. The van der Waals surface area contributed by atoms with Crippen LogP contribution in [0.25, 0.3) is 0 Å². The molecule has 2 rings (SSSR count).